The van der Waals surface area contributed by atoms with Gasteiger partial charge in [0.1, 0.15) is 17.4 Å². The molecule has 1 saturated heterocycles. The molecule has 1 aromatic carbocycles. The van der Waals surface area contributed by atoms with Crippen LogP contribution in [0.15, 0.2) is 42.6 Å². The lowest BCUT2D eigenvalue weighted by Crippen LogP contribution is -2.46. The van der Waals surface area contributed by atoms with Gasteiger partial charge in [-0.15, -0.1) is 0 Å². The first-order valence-electron chi connectivity index (χ1n) is 11.5. The third kappa shape index (κ3) is 5.01. The lowest BCUT2D eigenvalue weighted by atomic mass is 10.2. The molecule has 0 radical (unpaired) electrons. The summed E-state index contributed by atoms with van der Waals surface area (Å²) in [7, 11) is 0. The molecular weight excluding hydrogens is 432 g/mol. The number of piperazine rings is 1. The number of nitrogens with one attached hydrogen (secondary N) is 3. The van der Waals surface area contributed by atoms with Crippen molar-refractivity contribution in [2.75, 3.05) is 60.2 Å². The molecule has 1 amide bonds. The fraction of sp³-hybridized carbons (Fsp3) is 0.333. The van der Waals surface area contributed by atoms with E-state index in [4.69, 9.17) is 4.74 Å². The summed E-state index contributed by atoms with van der Waals surface area (Å²) in [6, 6.07) is 11.4. The Morgan fingerprint density at radius 1 is 1.03 bits per heavy atom. The molecular formula is C24H28N8O2. The van der Waals surface area contributed by atoms with E-state index >= 15 is 0 Å². The highest BCUT2D eigenvalue weighted by Crippen LogP contribution is 2.31. The molecule has 4 heterocycles. The van der Waals surface area contributed by atoms with E-state index in [0.29, 0.717) is 23.2 Å². The molecule has 1 fully saturated rings. The number of benzene rings is 1. The van der Waals surface area contributed by atoms with Crippen molar-refractivity contribution in [3.63, 3.8) is 0 Å². The number of aryl methyl sites for hydroxylation is 1. The SMILES string of the molecule is CCN1CCN(c2ccc(Nc3nc(C)cc(Nc4ccc5c(c4)NC(=O)CO5)n3)cn2)CC1. The van der Waals surface area contributed by atoms with Gasteiger partial charge in [0.05, 0.1) is 17.6 Å². The molecule has 0 saturated carbocycles. The minimum Gasteiger partial charge on any atom is -0.482 e. The van der Waals surface area contributed by atoms with Crippen molar-refractivity contribution >= 4 is 40.6 Å². The lowest BCUT2D eigenvalue weighted by molar-refractivity contribution is -0.118. The first kappa shape index (κ1) is 21.9. The van der Waals surface area contributed by atoms with Crippen molar-refractivity contribution in [3.8, 4) is 5.75 Å². The van der Waals surface area contributed by atoms with E-state index in [1.54, 1.807) is 0 Å². The van der Waals surface area contributed by atoms with Gasteiger partial charge in [-0.1, -0.05) is 6.92 Å². The minimum atomic E-state index is -0.170. The number of amides is 1. The van der Waals surface area contributed by atoms with Crippen LogP contribution < -0.4 is 25.6 Å². The van der Waals surface area contributed by atoms with Crippen LogP contribution in [0.25, 0.3) is 0 Å². The highest BCUT2D eigenvalue weighted by Gasteiger charge is 2.17. The van der Waals surface area contributed by atoms with Crippen LogP contribution in [0, 0.1) is 6.92 Å². The molecule has 10 heteroatoms. The van der Waals surface area contributed by atoms with E-state index in [1.165, 1.54) is 0 Å². The molecule has 0 bridgehead atoms. The topological polar surface area (TPSA) is 108 Å². The van der Waals surface area contributed by atoms with Gasteiger partial charge < -0.3 is 30.5 Å². The summed E-state index contributed by atoms with van der Waals surface area (Å²) < 4.78 is 5.42. The molecule has 2 aliphatic rings. The molecule has 0 aliphatic carbocycles. The van der Waals surface area contributed by atoms with Gasteiger partial charge in [0.15, 0.2) is 6.61 Å². The summed E-state index contributed by atoms with van der Waals surface area (Å²) >= 11 is 0. The van der Waals surface area contributed by atoms with Gasteiger partial charge in [-0.25, -0.2) is 9.97 Å². The van der Waals surface area contributed by atoms with Crippen LogP contribution in [0.1, 0.15) is 12.6 Å². The van der Waals surface area contributed by atoms with Crippen molar-refractivity contribution in [1.29, 1.82) is 0 Å². The van der Waals surface area contributed by atoms with Gasteiger partial charge in [-0.2, -0.15) is 4.98 Å². The van der Waals surface area contributed by atoms with Crippen molar-refractivity contribution < 1.29 is 9.53 Å². The Morgan fingerprint density at radius 2 is 1.85 bits per heavy atom. The van der Waals surface area contributed by atoms with E-state index in [2.05, 4.69) is 47.6 Å². The summed E-state index contributed by atoms with van der Waals surface area (Å²) in [5.74, 6) is 2.57. The number of pyridine rings is 1. The summed E-state index contributed by atoms with van der Waals surface area (Å²) in [5.41, 5.74) is 3.05. The average Bonchev–Trinajstić information content (AvgIpc) is 2.84. The fourth-order valence-corrected chi connectivity index (χ4v) is 4.07. The normalized spacial score (nSPS) is 15.8. The van der Waals surface area contributed by atoms with E-state index < -0.39 is 0 Å². The second-order valence-electron chi connectivity index (χ2n) is 8.34. The third-order valence-corrected chi connectivity index (χ3v) is 5.89. The van der Waals surface area contributed by atoms with Crippen LogP contribution in [0.2, 0.25) is 0 Å². The summed E-state index contributed by atoms with van der Waals surface area (Å²) in [5, 5.41) is 9.33. The van der Waals surface area contributed by atoms with Crippen molar-refractivity contribution in [1.82, 2.24) is 19.9 Å². The average molecular weight is 461 g/mol. The highest BCUT2D eigenvalue weighted by molar-refractivity contribution is 5.96. The number of aromatic nitrogens is 3. The predicted molar refractivity (Wildman–Crippen MR) is 132 cm³/mol. The maximum atomic E-state index is 11.6. The second kappa shape index (κ2) is 9.52. The standard InChI is InChI=1S/C24H28N8O2/c1-3-31-8-10-32(11-9-31)22-7-5-18(14-25-22)28-24-26-16(2)12-21(30-24)27-17-4-6-20-19(13-17)29-23(33)15-34-20/h4-7,12-14H,3,8-11,15H2,1-2H3,(H,29,33)(H2,26,27,28,30). The summed E-state index contributed by atoms with van der Waals surface area (Å²) in [4.78, 5) is 30.1. The van der Waals surface area contributed by atoms with Gasteiger partial charge in [-0.05, 0) is 43.8 Å². The largest absolute Gasteiger partial charge is 0.482 e. The van der Waals surface area contributed by atoms with E-state index in [0.717, 1.165) is 55.6 Å². The van der Waals surface area contributed by atoms with Gasteiger partial charge in [0, 0.05) is 43.6 Å². The van der Waals surface area contributed by atoms with E-state index in [9.17, 15) is 4.79 Å². The molecule has 0 unspecified atom stereocenters. The highest BCUT2D eigenvalue weighted by atomic mass is 16.5. The summed E-state index contributed by atoms with van der Waals surface area (Å²) in [6.07, 6.45) is 1.81. The maximum Gasteiger partial charge on any atom is 0.262 e. The molecule has 2 aliphatic heterocycles. The van der Waals surface area contributed by atoms with Crippen LogP contribution in [0.5, 0.6) is 5.75 Å². The first-order valence-corrected chi connectivity index (χ1v) is 11.5. The van der Waals surface area contributed by atoms with Crippen LogP contribution in [0.4, 0.5) is 34.6 Å². The monoisotopic (exact) mass is 460 g/mol. The van der Waals surface area contributed by atoms with Crippen LogP contribution in [0.3, 0.4) is 0 Å². The van der Waals surface area contributed by atoms with Gasteiger partial charge in [-0.3, -0.25) is 4.79 Å². The molecule has 0 atom stereocenters. The zero-order valence-electron chi connectivity index (χ0n) is 19.3. The van der Waals surface area contributed by atoms with Gasteiger partial charge >= 0.3 is 0 Å². The Kier molecular flexibility index (Phi) is 6.13. The smallest absolute Gasteiger partial charge is 0.262 e. The molecule has 34 heavy (non-hydrogen) atoms. The molecule has 5 rings (SSSR count). The number of carbonyl (C=O) groups is 1. The van der Waals surface area contributed by atoms with Gasteiger partial charge in [0.25, 0.3) is 5.91 Å². The Hall–Kier alpha value is -3.92. The number of likely N-dealkylation sites (N-methyl/N-ethyl adjacent to an activating group) is 1. The van der Waals surface area contributed by atoms with Crippen LogP contribution in [-0.4, -0.2) is 65.1 Å². The third-order valence-electron chi connectivity index (χ3n) is 5.89. The molecule has 3 aromatic rings. The number of nitrogens with zero attached hydrogens (tertiary/aromatic N) is 5. The number of carbonyl (C=O) groups excluding carboxylic acids is 1. The van der Waals surface area contributed by atoms with Crippen molar-refractivity contribution in [2.45, 2.75) is 13.8 Å². The molecule has 3 N–H and O–H groups in total. The number of hydrogen-bond donors (Lipinski definition) is 3. The zero-order valence-corrected chi connectivity index (χ0v) is 19.3. The van der Waals surface area contributed by atoms with Crippen molar-refractivity contribution in [3.05, 3.63) is 48.3 Å². The molecule has 0 spiro atoms. The Bertz CT molecular complexity index is 1180. The number of ether oxygens (including phenoxy) is 1. The Balaban J connectivity index is 1.26. The first-order chi connectivity index (χ1) is 16.6. The number of anilines is 6. The van der Waals surface area contributed by atoms with Crippen LogP contribution in [-0.2, 0) is 4.79 Å². The van der Waals surface area contributed by atoms with Gasteiger partial charge in [0.2, 0.25) is 5.95 Å². The predicted octanol–water partition coefficient (Wildman–Crippen LogP) is 3.14. The summed E-state index contributed by atoms with van der Waals surface area (Å²) in [6.45, 7) is 9.34. The van der Waals surface area contributed by atoms with E-state index in [1.807, 2.05) is 49.5 Å². The fourth-order valence-electron chi connectivity index (χ4n) is 4.07. The Labute approximate surface area is 198 Å². The zero-order chi connectivity index (χ0) is 23.5. The molecule has 10 nitrogen and oxygen atoms in total. The molecule has 176 valence electrons. The number of fused-ring (bicyclic) bond motifs is 1. The maximum absolute atomic E-state index is 11.6. The van der Waals surface area contributed by atoms with E-state index in [-0.39, 0.29) is 12.5 Å². The van der Waals surface area contributed by atoms with Crippen molar-refractivity contribution in [2.24, 2.45) is 0 Å². The second-order valence-corrected chi connectivity index (χ2v) is 8.34. The Morgan fingerprint density at radius 3 is 2.62 bits per heavy atom. The number of hydrogen-bond acceptors (Lipinski definition) is 9. The lowest BCUT2D eigenvalue weighted by Gasteiger charge is -2.34. The quantitative estimate of drug-likeness (QED) is 0.511. The van der Waals surface area contributed by atoms with Crippen LogP contribution >= 0.6 is 0 Å². The molecule has 2 aromatic heterocycles. The minimum absolute atomic E-state index is 0.0330. The number of rotatable bonds is 6.